The van der Waals surface area contributed by atoms with Crippen LogP contribution in [0.2, 0.25) is 5.02 Å². The second-order valence-electron chi connectivity index (χ2n) is 8.63. The summed E-state index contributed by atoms with van der Waals surface area (Å²) in [6, 6.07) is 9.87. The van der Waals surface area contributed by atoms with Gasteiger partial charge >= 0.3 is 0 Å². The van der Waals surface area contributed by atoms with Gasteiger partial charge < -0.3 is 19.9 Å². The lowest BCUT2D eigenvalue weighted by Crippen LogP contribution is -2.31. The van der Waals surface area contributed by atoms with Gasteiger partial charge in [-0.25, -0.2) is 0 Å². The van der Waals surface area contributed by atoms with Crippen molar-refractivity contribution < 1.29 is 9.53 Å². The minimum Gasteiger partial charge on any atom is -0.495 e. The van der Waals surface area contributed by atoms with Gasteiger partial charge in [-0.3, -0.25) is 4.79 Å². The molecule has 1 fully saturated rings. The first kappa shape index (κ1) is 23.9. The molecule has 3 aromatic rings. The number of anilines is 1. The van der Waals surface area contributed by atoms with Gasteiger partial charge in [-0.1, -0.05) is 23.4 Å². The second kappa shape index (κ2) is 9.65. The number of carbonyl (C=O) groups is 1. The Morgan fingerprint density at radius 2 is 2.09 bits per heavy atom. The summed E-state index contributed by atoms with van der Waals surface area (Å²) in [5.74, 6) is 0.514. The lowest BCUT2D eigenvalue weighted by atomic mass is 9.96. The van der Waals surface area contributed by atoms with Gasteiger partial charge in [-0.2, -0.15) is 5.26 Å². The second-order valence-corrected chi connectivity index (χ2v) is 11.3. The first-order chi connectivity index (χ1) is 16.9. The number of ether oxygens (including phenoxy) is 1. The van der Waals surface area contributed by atoms with E-state index in [-0.39, 0.29) is 11.4 Å². The normalized spacial score (nSPS) is 18.3. The zero-order valence-electron chi connectivity index (χ0n) is 19.7. The molecular formula is C26H25ClN4O2S2. The number of thioether (sulfide) groups is 1. The number of methoxy groups -OCH3 is 1. The Morgan fingerprint density at radius 3 is 2.86 bits per heavy atom. The lowest BCUT2D eigenvalue weighted by Gasteiger charge is -2.15. The zero-order valence-corrected chi connectivity index (χ0v) is 22.1. The van der Waals surface area contributed by atoms with Crippen molar-refractivity contribution in [2.45, 2.75) is 45.0 Å². The molecule has 1 aliphatic heterocycles. The standard InChI is InChI=1S/C26H25ClN4O2S2/c1-14-10-16(15(2)31(14)25-19(13-28)18-6-4-5-7-22(18)34-25)11-23-24(32)30-26(35-23)29-20-12-17(27)8-9-21(20)33-3/h8-12,26,29H,4-7H2,1-3H3,(H,30,32)/b23-11-. The molecule has 0 radical (unpaired) electrons. The number of aryl methyl sites for hydroxylation is 2. The number of amides is 1. The maximum absolute atomic E-state index is 12.8. The third kappa shape index (κ3) is 4.44. The van der Waals surface area contributed by atoms with E-state index in [0.717, 1.165) is 46.8 Å². The highest BCUT2D eigenvalue weighted by molar-refractivity contribution is 8.05. The Morgan fingerprint density at radius 1 is 1.29 bits per heavy atom. The minimum atomic E-state index is -0.348. The highest BCUT2D eigenvalue weighted by Crippen LogP contribution is 2.39. The molecule has 3 heterocycles. The van der Waals surface area contributed by atoms with E-state index in [9.17, 15) is 10.1 Å². The number of halogens is 1. The zero-order chi connectivity index (χ0) is 24.7. The third-order valence-electron chi connectivity index (χ3n) is 6.40. The summed E-state index contributed by atoms with van der Waals surface area (Å²) in [7, 11) is 1.59. The number of fused-ring (bicyclic) bond motifs is 1. The van der Waals surface area contributed by atoms with E-state index in [4.69, 9.17) is 16.3 Å². The van der Waals surface area contributed by atoms with Crippen molar-refractivity contribution in [1.82, 2.24) is 9.88 Å². The molecule has 1 saturated heterocycles. The van der Waals surface area contributed by atoms with Gasteiger partial charge in [0, 0.05) is 21.3 Å². The van der Waals surface area contributed by atoms with Crippen molar-refractivity contribution in [2.24, 2.45) is 0 Å². The summed E-state index contributed by atoms with van der Waals surface area (Å²) < 4.78 is 7.56. The molecule has 0 spiro atoms. The quantitative estimate of drug-likeness (QED) is 0.390. The number of hydrogen-bond acceptors (Lipinski definition) is 6. The number of nitrogens with one attached hydrogen (secondary N) is 2. The number of hydrogen-bond donors (Lipinski definition) is 2. The molecule has 35 heavy (non-hydrogen) atoms. The molecule has 1 aliphatic carbocycles. The Kier molecular flexibility index (Phi) is 6.58. The highest BCUT2D eigenvalue weighted by Gasteiger charge is 2.29. The number of benzene rings is 1. The molecule has 1 aromatic carbocycles. The van der Waals surface area contributed by atoms with E-state index in [0.29, 0.717) is 21.4 Å². The van der Waals surface area contributed by atoms with Crippen molar-refractivity contribution in [3.63, 3.8) is 0 Å². The summed E-state index contributed by atoms with van der Waals surface area (Å²) in [5, 5.41) is 17.8. The monoisotopic (exact) mass is 524 g/mol. The molecule has 2 N–H and O–H groups in total. The van der Waals surface area contributed by atoms with Gasteiger partial charge in [0.15, 0.2) is 5.50 Å². The van der Waals surface area contributed by atoms with E-state index < -0.39 is 0 Å². The first-order valence-corrected chi connectivity index (χ1v) is 13.5. The molecule has 6 nitrogen and oxygen atoms in total. The van der Waals surface area contributed by atoms with Gasteiger partial charge in [0.25, 0.3) is 5.91 Å². The number of aromatic nitrogens is 1. The van der Waals surface area contributed by atoms with Gasteiger partial charge in [-0.05, 0) is 81.0 Å². The van der Waals surface area contributed by atoms with Crippen LogP contribution in [0.3, 0.4) is 0 Å². The molecule has 1 atom stereocenters. The average Bonchev–Trinajstić information content (AvgIpc) is 3.46. The molecule has 1 amide bonds. The molecule has 0 bridgehead atoms. The number of carbonyl (C=O) groups excluding carboxylic acids is 1. The molecule has 1 unspecified atom stereocenters. The summed E-state index contributed by atoms with van der Waals surface area (Å²) >= 11 is 9.29. The van der Waals surface area contributed by atoms with Crippen molar-refractivity contribution in [3.8, 4) is 16.8 Å². The molecule has 180 valence electrons. The van der Waals surface area contributed by atoms with E-state index >= 15 is 0 Å². The maximum atomic E-state index is 12.8. The van der Waals surface area contributed by atoms with Gasteiger partial charge in [-0.15, -0.1) is 11.3 Å². The summed E-state index contributed by atoms with van der Waals surface area (Å²) in [6.07, 6.45) is 6.28. The molecule has 2 aromatic heterocycles. The Balaban J connectivity index is 1.43. The van der Waals surface area contributed by atoms with Crippen LogP contribution < -0.4 is 15.4 Å². The average molecular weight is 525 g/mol. The van der Waals surface area contributed by atoms with Crippen LogP contribution in [-0.4, -0.2) is 23.1 Å². The predicted octanol–water partition coefficient (Wildman–Crippen LogP) is 6.17. The van der Waals surface area contributed by atoms with Crippen LogP contribution in [-0.2, 0) is 17.6 Å². The Hall–Kier alpha value is -2.86. The molecule has 9 heteroatoms. The van der Waals surface area contributed by atoms with Crippen molar-refractivity contribution >= 4 is 52.4 Å². The van der Waals surface area contributed by atoms with Crippen LogP contribution in [0.5, 0.6) is 5.75 Å². The van der Waals surface area contributed by atoms with Crippen molar-refractivity contribution in [1.29, 1.82) is 5.26 Å². The highest BCUT2D eigenvalue weighted by atomic mass is 35.5. The largest absolute Gasteiger partial charge is 0.495 e. The van der Waals surface area contributed by atoms with Gasteiger partial charge in [0.05, 0.1) is 23.3 Å². The maximum Gasteiger partial charge on any atom is 0.260 e. The van der Waals surface area contributed by atoms with Crippen LogP contribution in [0.1, 0.15) is 45.8 Å². The van der Waals surface area contributed by atoms with Crippen LogP contribution in [0.4, 0.5) is 5.69 Å². The van der Waals surface area contributed by atoms with Gasteiger partial charge in [0.2, 0.25) is 0 Å². The van der Waals surface area contributed by atoms with E-state index in [1.807, 2.05) is 19.9 Å². The summed E-state index contributed by atoms with van der Waals surface area (Å²) in [6.45, 7) is 4.09. The van der Waals surface area contributed by atoms with E-state index in [1.54, 1.807) is 36.6 Å². The SMILES string of the molecule is COc1ccc(Cl)cc1NC1NC(=O)/C(=C/c2cc(C)n(-c3sc4c(c3C#N)CCCC4)c2C)S1. The fraction of sp³-hybridized carbons (Fsp3) is 0.308. The van der Waals surface area contributed by atoms with Gasteiger partial charge in [0.1, 0.15) is 16.8 Å². The predicted molar refractivity (Wildman–Crippen MR) is 144 cm³/mol. The van der Waals surface area contributed by atoms with E-state index in [1.165, 1.54) is 28.6 Å². The van der Waals surface area contributed by atoms with Crippen molar-refractivity contribution in [3.05, 3.63) is 67.1 Å². The number of rotatable bonds is 5. The van der Waals surface area contributed by atoms with Crippen LogP contribution in [0, 0.1) is 25.2 Å². The van der Waals surface area contributed by atoms with Crippen LogP contribution >= 0.6 is 34.7 Å². The fourth-order valence-corrected chi connectivity index (χ4v) is 7.30. The fourth-order valence-electron chi connectivity index (χ4n) is 4.71. The summed E-state index contributed by atoms with van der Waals surface area (Å²) in [4.78, 5) is 14.7. The lowest BCUT2D eigenvalue weighted by molar-refractivity contribution is -0.116. The summed E-state index contributed by atoms with van der Waals surface area (Å²) in [5.41, 5.74) is 5.43. The Labute approximate surface area is 217 Å². The molecular weight excluding hydrogens is 500 g/mol. The third-order valence-corrected chi connectivity index (χ3v) is 8.94. The van der Waals surface area contributed by atoms with Crippen LogP contribution in [0.25, 0.3) is 11.1 Å². The number of nitriles is 1. The van der Waals surface area contributed by atoms with E-state index in [2.05, 4.69) is 27.3 Å². The first-order valence-electron chi connectivity index (χ1n) is 11.4. The van der Waals surface area contributed by atoms with Crippen LogP contribution in [0.15, 0.2) is 29.2 Å². The molecule has 0 saturated carbocycles. The topological polar surface area (TPSA) is 79.1 Å². The molecule has 2 aliphatic rings. The van der Waals surface area contributed by atoms with Crippen molar-refractivity contribution in [2.75, 3.05) is 12.4 Å². The minimum absolute atomic E-state index is 0.136. The smallest absolute Gasteiger partial charge is 0.260 e. The number of nitrogens with zero attached hydrogens (tertiary/aromatic N) is 2. The Bertz CT molecular complexity index is 1400. The molecule has 5 rings (SSSR count). The number of thiophene rings is 1.